The van der Waals surface area contributed by atoms with E-state index in [9.17, 15) is 0 Å². The van der Waals surface area contributed by atoms with Crippen molar-refractivity contribution in [1.29, 1.82) is 0 Å². The van der Waals surface area contributed by atoms with Crippen LogP contribution >= 0.6 is 0 Å². The molecular weight excluding hydrogens is 308 g/mol. The molecule has 0 aromatic rings. The molecule has 126 valence electrons. The average Bonchev–Trinajstić information content (AvgIpc) is 2.85. The molecule has 9 nitrogen and oxygen atoms in total. The summed E-state index contributed by atoms with van der Waals surface area (Å²) in [6, 6.07) is 0. The van der Waals surface area contributed by atoms with Crippen molar-refractivity contribution in [2.45, 2.75) is 11.2 Å². The molecule has 2 unspecified atom stereocenters. The Hall–Kier alpha value is -0.446. The van der Waals surface area contributed by atoms with Gasteiger partial charge in [-0.2, -0.15) is 0 Å². The zero-order valence-corrected chi connectivity index (χ0v) is 15.3. The minimum atomic E-state index is -1.67. The van der Waals surface area contributed by atoms with Gasteiger partial charge in [0.25, 0.3) is 9.28 Å². The normalized spacial score (nSPS) is 25.4. The number of hydrogen-bond donors (Lipinski definition) is 6. The van der Waals surface area contributed by atoms with E-state index in [1.54, 1.807) is 33.5 Å². The maximum atomic E-state index is 5.74. The summed E-state index contributed by atoms with van der Waals surface area (Å²) in [5, 5.41) is 14.4. The first-order valence-electron chi connectivity index (χ1n) is 6.06. The van der Waals surface area contributed by atoms with Gasteiger partial charge >= 0.3 is 9.53 Å². The monoisotopic (exact) mass is 338 g/mol. The molecule has 21 heavy (non-hydrogen) atoms. The Balaban J connectivity index is 0. The molecule has 1 saturated carbocycles. The molecule has 0 aromatic carbocycles. The van der Waals surface area contributed by atoms with Gasteiger partial charge in [0.1, 0.15) is 0 Å². The van der Waals surface area contributed by atoms with Crippen LogP contribution in [0.2, 0.25) is 0 Å². The summed E-state index contributed by atoms with van der Waals surface area (Å²) in [4.78, 5) is 0. The van der Waals surface area contributed by atoms with Crippen molar-refractivity contribution >= 4 is 18.8 Å². The van der Waals surface area contributed by atoms with Crippen LogP contribution in [0, 0.1) is 5.92 Å². The number of rotatable bonds is 5. The Kier molecular flexibility index (Phi) is 11.2. The summed E-state index contributed by atoms with van der Waals surface area (Å²) in [5.74, 6) is -0.0440. The quantitative estimate of drug-likeness (QED) is 0.168. The molecule has 0 aliphatic heterocycles. The van der Waals surface area contributed by atoms with Crippen molar-refractivity contribution in [2.24, 2.45) is 39.3 Å². The molecule has 12 N–H and O–H groups in total. The van der Waals surface area contributed by atoms with Gasteiger partial charge in [-0.15, -0.1) is 13.2 Å². The molecule has 1 aliphatic rings. The Morgan fingerprint density at radius 1 is 0.952 bits per heavy atom. The lowest BCUT2D eigenvalue weighted by atomic mass is 10.2. The van der Waals surface area contributed by atoms with Crippen LogP contribution in [0.15, 0.2) is 25.3 Å². The van der Waals surface area contributed by atoms with Crippen LogP contribution in [0.4, 0.5) is 0 Å². The van der Waals surface area contributed by atoms with Gasteiger partial charge in [-0.25, -0.2) is 0 Å². The highest BCUT2D eigenvalue weighted by molar-refractivity contribution is 6.47. The smallest absolute Gasteiger partial charge is 0.379 e. The molecule has 1 aliphatic carbocycles. The van der Waals surface area contributed by atoms with Crippen molar-refractivity contribution in [1.82, 2.24) is 0 Å². The van der Waals surface area contributed by atoms with E-state index in [-0.39, 0.29) is 5.92 Å². The predicted molar refractivity (Wildman–Crippen MR) is 89.8 cm³/mol. The molecule has 0 heterocycles. The predicted octanol–water partition coefficient (Wildman–Crippen LogP) is -3.48. The lowest BCUT2D eigenvalue weighted by molar-refractivity contribution is 0.163. The first kappa shape index (κ1) is 22.8. The van der Waals surface area contributed by atoms with Crippen molar-refractivity contribution in [3.05, 3.63) is 25.3 Å². The largest absolute Gasteiger partial charge is 0.483 e. The third-order valence-corrected chi connectivity index (χ3v) is 4.00. The fourth-order valence-electron chi connectivity index (χ4n) is 1.58. The molecule has 1 fully saturated rings. The van der Waals surface area contributed by atoms with Crippen LogP contribution in [0.3, 0.4) is 0 Å². The second-order valence-corrected chi connectivity index (χ2v) is 7.50. The molecule has 0 aromatic heterocycles. The molecule has 0 saturated heterocycles. The fraction of sp³-hybridized carbons (Fsp3) is 0.600. The van der Waals surface area contributed by atoms with E-state index >= 15 is 0 Å². The summed E-state index contributed by atoms with van der Waals surface area (Å²) in [6.07, 6.45) is 3.25. The summed E-state index contributed by atoms with van der Waals surface area (Å²) >= 11 is 0. The van der Waals surface area contributed by atoms with Crippen LogP contribution in [0.25, 0.3) is 0 Å². The fourth-order valence-corrected chi connectivity index (χ4v) is 2.16. The summed E-state index contributed by atoms with van der Waals surface area (Å²) in [5.41, 5.74) is 15.5. The van der Waals surface area contributed by atoms with E-state index in [1.165, 1.54) is 0 Å². The Bertz CT molecular complexity index is 309. The van der Waals surface area contributed by atoms with E-state index in [0.717, 1.165) is 0 Å². The van der Waals surface area contributed by atoms with Gasteiger partial charge in [-0.05, 0) is 0 Å². The van der Waals surface area contributed by atoms with E-state index < -0.39 is 30.0 Å². The van der Waals surface area contributed by atoms with Crippen LogP contribution in [0.1, 0.15) is 0 Å². The summed E-state index contributed by atoms with van der Waals surface area (Å²) < 4.78 is 14.2. The lowest BCUT2D eigenvalue weighted by Crippen LogP contribution is -2.47. The lowest BCUT2D eigenvalue weighted by Gasteiger charge is -2.06. The highest BCUT2D eigenvalue weighted by Gasteiger charge is 2.68. The van der Waals surface area contributed by atoms with E-state index in [1.807, 2.05) is 0 Å². The SMILES string of the molecule is C=CC1C(N)(N)C1(N)C=C.CO[SiH](OC)OC.N[SiH](N)N. The van der Waals surface area contributed by atoms with Gasteiger partial charge < -0.3 is 46.7 Å². The van der Waals surface area contributed by atoms with Gasteiger partial charge in [0.15, 0.2) is 0 Å². The Labute approximate surface area is 130 Å². The minimum absolute atomic E-state index is 0.0440. The second kappa shape index (κ2) is 10.3. The van der Waals surface area contributed by atoms with Crippen LogP contribution in [-0.2, 0) is 13.3 Å². The molecule has 0 bridgehead atoms. The van der Waals surface area contributed by atoms with Gasteiger partial charge in [0, 0.05) is 27.2 Å². The van der Waals surface area contributed by atoms with Crippen LogP contribution in [0.5, 0.6) is 0 Å². The van der Waals surface area contributed by atoms with E-state index in [2.05, 4.69) is 13.2 Å². The number of nitrogens with two attached hydrogens (primary N) is 6. The Morgan fingerprint density at radius 3 is 1.33 bits per heavy atom. The highest BCUT2D eigenvalue weighted by atomic mass is 28.3. The van der Waals surface area contributed by atoms with Crippen molar-refractivity contribution in [3.8, 4) is 0 Å². The average molecular weight is 339 g/mol. The standard InChI is InChI=1S/C7H13N3.C3H10O3Si.H7N3Si/c1-3-5-6(8,4-2)7(5,9)10;1-4-7(5-2)6-3;1-4(2)3/h3-5H,1-2,8-10H2;7H,1-3H3;4H,1-3H2. The molecular formula is C10H30N6O3Si2. The molecule has 1 rings (SSSR count). The maximum absolute atomic E-state index is 5.74. The van der Waals surface area contributed by atoms with Crippen LogP contribution < -0.4 is 33.4 Å². The highest BCUT2D eigenvalue weighted by Crippen LogP contribution is 2.47. The van der Waals surface area contributed by atoms with Gasteiger partial charge in [0.05, 0.1) is 11.2 Å². The first-order valence-corrected chi connectivity index (χ1v) is 9.48. The van der Waals surface area contributed by atoms with Crippen LogP contribution in [-0.4, -0.2) is 51.3 Å². The summed E-state index contributed by atoms with van der Waals surface area (Å²) in [7, 11) is 1.41. The van der Waals surface area contributed by atoms with Crippen molar-refractivity contribution in [2.75, 3.05) is 21.3 Å². The minimum Gasteiger partial charge on any atom is -0.379 e. The second-order valence-electron chi connectivity index (χ2n) is 4.36. The third kappa shape index (κ3) is 6.90. The summed E-state index contributed by atoms with van der Waals surface area (Å²) in [6.45, 7) is 7.13. The van der Waals surface area contributed by atoms with Gasteiger partial charge in [0.2, 0.25) is 0 Å². The van der Waals surface area contributed by atoms with Gasteiger partial charge in [-0.1, -0.05) is 12.2 Å². The van der Waals surface area contributed by atoms with E-state index in [0.29, 0.717) is 0 Å². The zero-order valence-electron chi connectivity index (χ0n) is 13.0. The van der Waals surface area contributed by atoms with E-state index in [4.69, 9.17) is 46.7 Å². The third-order valence-electron chi connectivity index (χ3n) is 2.85. The molecule has 0 radical (unpaired) electrons. The zero-order chi connectivity index (χ0) is 17.3. The number of hydrogen-bond acceptors (Lipinski definition) is 9. The first-order chi connectivity index (χ1) is 9.58. The van der Waals surface area contributed by atoms with Crippen molar-refractivity contribution in [3.63, 3.8) is 0 Å². The molecule has 0 amide bonds. The Morgan fingerprint density at radius 2 is 1.29 bits per heavy atom. The molecule has 2 atom stereocenters. The molecule has 0 spiro atoms. The topological polar surface area (TPSA) is 184 Å². The van der Waals surface area contributed by atoms with Gasteiger partial charge in [-0.3, -0.25) is 0 Å². The van der Waals surface area contributed by atoms with Crippen molar-refractivity contribution < 1.29 is 13.3 Å². The molecule has 11 heteroatoms. The maximum Gasteiger partial charge on any atom is 0.483 e.